The fraction of sp³-hybridized carbons (Fsp3) is 0.0435. The van der Waals surface area contributed by atoms with Gasteiger partial charge in [-0.3, -0.25) is 4.99 Å². The second-order valence-corrected chi connectivity index (χ2v) is 6.56. The van der Waals surface area contributed by atoms with Crippen molar-refractivity contribution in [2.24, 2.45) is 4.99 Å². The summed E-state index contributed by atoms with van der Waals surface area (Å²) in [6, 6.07) is 15.2. The summed E-state index contributed by atoms with van der Waals surface area (Å²) in [5.74, 6) is -0.0699. The molecule has 0 unspecified atom stereocenters. The predicted octanol–water partition coefficient (Wildman–Crippen LogP) is 5.28. The molecule has 0 amide bonds. The van der Waals surface area contributed by atoms with Gasteiger partial charge in [0.25, 0.3) is 0 Å². The number of carboxylic acid groups (broad SMARTS) is 1. The molecule has 1 aliphatic carbocycles. The molecule has 27 heavy (non-hydrogen) atoms. The van der Waals surface area contributed by atoms with Gasteiger partial charge in [0.05, 0.1) is 6.54 Å². The lowest BCUT2D eigenvalue weighted by Gasteiger charge is -2.12. The van der Waals surface area contributed by atoms with Crippen molar-refractivity contribution < 1.29 is 14.6 Å². The second kappa shape index (κ2) is 5.95. The molecule has 0 saturated carbocycles. The Bertz CT molecular complexity index is 1200. The van der Waals surface area contributed by atoms with E-state index in [2.05, 4.69) is 23.2 Å². The highest BCUT2D eigenvalue weighted by Crippen LogP contribution is 2.37. The third-order valence-corrected chi connectivity index (χ3v) is 4.87. The van der Waals surface area contributed by atoms with Gasteiger partial charge in [-0.15, -0.1) is 0 Å². The van der Waals surface area contributed by atoms with E-state index < -0.39 is 5.97 Å². The van der Waals surface area contributed by atoms with Crippen LogP contribution in [0.25, 0.3) is 28.5 Å². The van der Waals surface area contributed by atoms with E-state index in [1.165, 1.54) is 10.9 Å². The summed E-state index contributed by atoms with van der Waals surface area (Å²) < 4.78 is 5.99. The lowest BCUT2D eigenvalue weighted by Crippen LogP contribution is -2.01. The summed E-state index contributed by atoms with van der Waals surface area (Å²) in [5.41, 5.74) is 4.16. The van der Waals surface area contributed by atoms with Gasteiger partial charge in [0.2, 0.25) is 0 Å². The van der Waals surface area contributed by atoms with Crippen LogP contribution >= 0.6 is 0 Å². The van der Waals surface area contributed by atoms with Crippen LogP contribution in [0.2, 0.25) is 0 Å². The van der Waals surface area contributed by atoms with E-state index in [-0.39, 0.29) is 5.56 Å². The van der Waals surface area contributed by atoms with E-state index in [0.29, 0.717) is 18.0 Å². The highest BCUT2D eigenvalue weighted by molar-refractivity contribution is 6.12. The van der Waals surface area contributed by atoms with Crippen LogP contribution in [0.4, 0.5) is 0 Å². The molecule has 2 aliphatic rings. The molecule has 1 aliphatic heterocycles. The van der Waals surface area contributed by atoms with Gasteiger partial charge in [0.1, 0.15) is 17.1 Å². The van der Waals surface area contributed by atoms with Gasteiger partial charge in [-0.2, -0.15) is 0 Å². The average Bonchev–Trinajstić information content (AvgIpc) is 3.33. The molecule has 0 aromatic heterocycles. The van der Waals surface area contributed by atoms with Crippen LogP contribution in [0.15, 0.2) is 59.6 Å². The quantitative estimate of drug-likeness (QED) is 0.543. The summed E-state index contributed by atoms with van der Waals surface area (Å²) in [7, 11) is 0. The Kier molecular flexibility index (Phi) is 3.44. The number of ether oxygens (including phenoxy) is 1. The summed E-state index contributed by atoms with van der Waals surface area (Å²) in [4.78, 5) is 15.9. The zero-order valence-corrected chi connectivity index (χ0v) is 14.3. The molecule has 0 radical (unpaired) electrons. The van der Waals surface area contributed by atoms with Crippen LogP contribution in [-0.4, -0.2) is 23.8 Å². The Balaban J connectivity index is 1.56. The second-order valence-electron chi connectivity index (χ2n) is 6.56. The number of carboxylic acids is 1. The average molecular weight is 353 g/mol. The van der Waals surface area contributed by atoms with Crippen molar-refractivity contribution >= 4 is 40.7 Å². The number of hydrogen-bond acceptors (Lipinski definition) is 3. The number of aliphatic imine (C=N–C) groups is 1. The van der Waals surface area contributed by atoms with Crippen LogP contribution in [0.5, 0.6) is 11.5 Å². The van der Waals surface area contributed by atoms with E-state index in [1.54, 1.807) is 18.3 Å². The number of rotatable bonds is 4. The molecule has 0 spiro atoms. The lowest BCUT2D eigenvalue weighted by molar-refractivity contribution is 0.0694. The van der Waals surface area contributed by atoms with Crippen LogP contribution < -0.4 is 4.74 Å². The number of carbonyl (C=O) groups is 1. The Hall–Kier alpha value is -3.66. The minimum absolute atomic E-state index is 0.134. The van der Waals surface area contributed by atoms with Gasteiger partial charge >= 0.3 is 5.97 Å². The van der Waals surface area contributed by atoms with Crippen molar-refractivity contribution in [1.82, 2.24) is 0 Å². The van der Waals surface area contributed by atoms with Crippen molar-refractivity contribution in [2.45, 2.75) is 0 Å². The van der Waals surface area contributed by atoms with Crippen LogP contribution in [-0.2, 0) is 0 Å². The Morgan fingerprint density at radius 2 is 1.93 bits per heavy atom. The van der Waals surface area contributed by atoms with Crippen molar-refractivity contribution in [3.05, 3.63) is 76.9 Å². The van der Waals surface area contributed by atoms with Crippen molar-refractivity contribution in [3.8, 4) is 11.5 Å². The molecule has 1 heterocycles. The van der Waals surface area contributed by atoms with Crippen molar-refractivity contribution in [2.75, 3.05) is 6.54 Å². The van der Waals surface area contributed by atoms with Crippen molar-refractivity contribution in [3.63, 3.8) is 0 Å². The number of hydrogen-bond donors (Lipinski definition) is 1. The maximum Gasteiger partial charge on any atom is 0.339 e. The number of nitrogens with zero attached hydrogens (tertiary/aromatic N) is 1. The molecule has 130 valence electrons. The van der Waals surface area contributed by atoms with Crippen LogP contribution in [0.3, 0.4) is 0 Å². The Labute approximate surface area is 155 Å². The summed E-state index contributed by atoms with van der Waals surface area (Å²) in [6.45, 7) is 0.630. The smallest absolute Gasteiger partial charge is 0.339 e. The SMILES string of the molecule is O=C(O)c1cc(C2=CCN=C2)ccc1Oc1cc2c3c(cccc3c1)C=C2. The first-order chi connectivity index (χ1) is 13.2. The summed E-state index contributed by atoms with van der Waals surface area (Å²) in [5, 5.41) is 11.9. The molecule has 4 heteroatoms. The van der Waals surface area contributed by atoms with Gasteiger partial charge in [0.15, 0.2) is 0 Å². The van der Waals surface area contributed by atoms with E-state index >= 15 is 0 Å². The molecule has 0 atom stereocenters. The molecule has 0 saturated heterocycles. The van der Waals surface area contributed by atoms with Gasteiger partial charge in [-0.1, -0.05) is 42.5 Å². The molecule has 3 aromatic carbocycles. The van der Waals surface area contributed by atoms with Crippen LogP contribution in [0.1, 0.15) is 27.0 Å². The first kappa shape index (κ1) is 15.6. The highest BCUT2D eigenvalue weighted by Gasteiger charge is 2.17. The van der Waals surface area contributed by atoms with E-state index in [4.69, 9.17) is 4.74 Å². The summed E-state index contributed by atoms with van der Waals surface area (Å²) >= 11 is 0. The lowest BCUT2D eigenvalue weighted by atomic mass is 10.0. The molecule has 4 nitrogen and oxygen atoms in total. The highest BCUT2D eigenvalue weighted by atomic mass is 16.5. The number of aromatic carboxylic acids is 1. The molecule has 0 fully saturated rings. The van der Waals surface area contributed by atoms with Gasteiger partial charge in [-0.05, 0) is 57.3 Å². The largest absolute Gasteiger partial charge is 0.478 e. The fourth-order valence-electron chi connectivity index (χ4n) is 3.61. The molecule has 3 aromatic rings. The van der Waals surface area contributed by atoms with E-state index in [0.717, 1.165) is 22.1 Å². The summed E-state index contributed by atoms with van der Waals surface area (Å²) in [6.07, 6.45) is 7.86. The molecule has 1 N–H and O–H groups in total. The predicted molar refractivity (Wildman–Crippen MR) is 108 cm³/mol. The first-order valence-corrected chi connectivity index (χ1v) is 8.69. The van der Waals surface area contributed by atoms with Gasteiger partial charge < -0.3 is 9.84 Å². The monoisotopic (exact) mass is 353 g/mol. The Morgan fingerprint density at radius 1 is 1.04 bits per heavy atom. The maximum absolute atomic E-state index is 11.8. The van der Waals surface area contributed by atoms with Gasteiger partial charge in [-0.25, -0.2) is 4.79 Å². The number of allylic oxidation sites excluding steroid dienone is 1. The maximum atomic E-state index is 11.8. The minimum Gasteiger partial charge on any atom is -0.478 e. The zero-order chi connectivity index (χ0) is 18.4. The zero-order valence-electron chi connectivity index (χ0n) is 14.3. The Morgan fingerprint density at radius 3 is 2.74 bits per heavy atom. The third kappa shape index (κ3) is 2.62. The molecule has 5 rings (SSSR count). The third-order valence-electron chi connectivity index (χ3n) is 4.87. The van der Waals surface area contributed by atoms with Crippen LogP contribution in [0, 0.1) is 0 Å². The normalized spacial score (nSPS) is 14.0. The van der Waals surface area contributed by atoms with Crippen molar-refractivity contribution in [1.29, 1.82) is 0 Å². The van der Waals surface area contributed by atoms with Gasteiger partial charge in [0, 0.05) is 6.21 Å². The molecule has 0 bridgehead atoms. The first-order valence-electron chi connectivity index (χ1n) is 8.69. The van der Waals surface area contributed by atoms with E-state index in [9.17, 15) is 9.90 Å². The molecular formula is C23H15NO3. The topological polar surface area (TPSA) is 58.9 Å². The molecular weight excluding hydrogens is 338 g/mol. The van der Waals surface area contributed by atoms with E-state index in [1.807, 2.05) is 36.4 Å². The number of benzene rings is 3. The fourth-order valence-corrected chi connectivity index (χ4v) is 3.61. The standard InChI is InChI=1S/C23H15NO3/c25-23(26)20-12-15(18-8-9-24-13-18)6-7-21(20)27-19-10-16-3-1-2-14-4-5-17(11-19)22(14)16/h1-8,10-13H,9H2,(H,25,26). The minimum atomic E-state index is -1.02.